The number of halogens is 3. The lowest BCUT2D eigenvalue weighted by molar-refractivity contribution is -0.137. The quantitative estimate of drug-likeness (QED) is 0.163. The lowest BCUT2D eigenvalue weighted by atomic mass is 9.59. The van der Waals surface area contributed by atoms with Crippen molar-refractivity contribution in [1.82, 2.24) is 0 Å². The van der Waals surface area contributed by atoms with Gasteiger partial charge in [0.1, 0.15) is 11.5 Å². The minimum atomic E-state index is -4.71. The molecule has 0 N–H and O–H groups in total. The molecular formula is C42H30F3NO5. The van der Waals surface area contributed by atoms with Crippen LogP contribution in [0, 0.1) is 11.8 Å². The zero-order valence-electron chi connectivity index (χ0n) is 27.5. The fraction of sp³-hybridized carbons (Fsp3) is 0.167. The van der Waals surface area contributed by atoms with Gasteiger partial charge in [-0.05, 0) is 75.9 Å². The smallest absolute Gasteiger partial charge is 0.416 e. The van der Waals surface area contributed by atoms with Gasteiger partial charge in [-0.15, -0.1) is 0 Å². The molecule has 4 atom stereocenters. The number of ketones is 1. The molecule has 5 aromatic rings. The Balaban J connectivity index is 1.52. The van der Waals surface area contributed by atoms with Crippen LogP contribution in [0.4, 0.5) is 18.9 Å². The van der Waals surface area contributed by atoms with Gasteiger partial charge in [0.2, 0.25) is 11.8 Å². The molecule has 1 heterocycles. The molecule has 0 radical (unpaired) electrons. The number of fused-ring (bicyclic) bond motifs is 5. The molecule has 3 aliphatic rings. The van der Waals surface area contributed by atoms with Crippen LogP contribution in [-0.2, 0) is 31.4 Å². The Hall–Kier alpha value is -5.96. The van der Waals surface area contributed by atoms with E-state index in [1.807, 2.05) is 24.3 Å². The number of alkyl halides is 3. The number of methoxy groups -OCH3 is 2. The molecule has 0 aromatic heterocycles. The van der Waals surface area contributed by atoms with Gasteiger partial charge in [-0.1, -0.05) is 91.0 Å². The Morgan fingerprint density at radius 2 is 1.00 bits per heavy atom. The zero-order chi connectivity index (χ0) is 35.7. The zero-order valence-corrected chi connectivity index (χ0v) is 27.5. The van der Waals surface area contributed by atoms with Crippen molar-refractivity contribution in [3.8, 4) is 11.5 Å². The average molecular weight is 686 g/mol. The molecule has 2 aliphatic carbocycles. The third-order valence-electron chi connectivity index (χ3n) is 10.6. The minimum absolute atomic E-state index is 0.204. The van der Waals surface area contributed by atoms with Gasteiger partial charge in [-0.3, -0.25) is 14.4 Å². The van der Waals surface area contributed by atoms with Gasteiger partial charge < -0.3 is 9.47 Å². The molecule has 9 heteroatoms. The van der Waals surface area contributed by atoms with E-state index in [-0.39, 0.29) is 11.5 Å². The van der Waals surface area contributed by atoms with Crippen molar-refractivity contribution in [3.63, 3.8) is 0 Å². The Bertz CT molecular complexity index is 2100. The molecule has 1 aliphatic heterocycles. The first-order valence-electron chi connectivity index (χ1n) is 16.3. The molecule has 2 fully saturated rings. The number of nitrogens with zero attached hydrogens (tertiary/aromatic N) is 1. The fourth-order valence-electron chi connectivity index (χ4n) is 8.72. The monoisotopic (exact) mass is 685 g/mol. The van der Waals surface area contributed by atoms with E-state index in [0.717, 1.165) is 17.0 Å². The van der Waals surface area contributed by atoms with Gasteiger partial charge in [0, 0.05) is 0 Å². The Kier molecular flexibility index (Phi) is 7.31. The SMILES string of the molecule is COc1ccc(C2=C(c3ccc(OC)cc3)C3(c4ccccc4)C(=O)C2(c2ccccc2)C2C(=O)N(c4cccc(C(F)(F)F)c4)C(=O)C23)cc1. The predicted octanol–water partition coefficient (Wildman–Crippen LogP) is 7.91. The summed E-state index contributed by atoms with van der Waals surface area (Å²) in [6.07, 6.45) is -4.71. The number of rotatable bonds is 7. The van der Waals surface area contributed by atoms with Crippen molar-refractivity contribution in [3.05, 3.63) is 161 Å². The lowest BCUT2D eigenvalue weighted by Gasteiger charge is -2.39. The van der Waals surface area contributed by atoms with Crippen LogP contribution < -0.4 is 14.4 Å². The van der Waals surface area contributed by atoms with Gasteiger partial charge in [0.25, 0.3) is 0 Å². The number of Topliss-reactive ketones (excluding diaryl/α,β-unsaturated/α-hetero) is 1. The van der Waals surface area contributed by atoms with Crippen molar-refractivity contribution < 1.29 is 37.0 Å². The van der Waals surface area contributed by atoms with Crippen LogP contribution in [0.2, 0.25) is 0 Å². The number of hydrogen-bond acceptors (Lipinski definition) is 5. The molecular weight excluding hydrogens is 655 g/mol. The number of carbonyl (C=O) groups excluding carboxylic acids is 3. The molecule has 0 spiro atoms. The highest BCUT2D eigenvalue weighted by atomic mass is 19.4. The van der Waals surface area contributed by atoms with Gasteiger partial charge in [0.05, 0.1) is 48.1 Å². The predicted molar refractivity (Wildman–Crippen MR) is 185 cm³/mol. The molecule has 4 unspecified atom stereocenters. The Morgan fingerprint density at radius 1 is 0.569 bits per heavy atom. The standard InChI is InChI=1S/C42H30F3NO5/c1-50-31-20-16-25(17-21-31)33-34(26-18-22-32(51-2)23-19-26)41(28-12-7-4-8-13-28)36-35(40(33,39(41)49)27-10-5-3-6-11-27)37(47)46(38(36)48)30-15-9-14-29(24-30)42(43,44)45/h3-24,35-36H,1-2H3. The number of carbonyl (C=O) groups is 3. The summed E-state index contributed by atoms with van der Waals surface area (Å²) < 4.78 is 52.8. The van der Waals surface area contributed by atoms with Crippen molar-refractivity contribution >= 4 is 34.4 Å². The molecule has 254 valence electrons. The summed E-state index contributed by atoms with van der Waals surface area (Å²) in [6.45, 7) is 0. The highest BCUT2D eigenvalue weighted by Gasteiger charge is 2.82. The van der Waals surface area contributed by atoms with Crippen molar-refractivity contribution in [2.45, 2.75) is 17.0 Å². The van der Waals surface area contributed by atoms with E-state index in [9.17, 15) is 13.2 Å². The maximum absolute atomic E-state index is 16.0. The number of imide groups is 1. The molecule has 5 aromatic carbocycles. The normalized spacial score (nSPS) is 23.9. The second kappa shape index (κ2) is 11.6. The summed E-state index contributed by atoms with van der Waals surface area (Å²) in [5.41, 5.74) is -1.27. The van der Waals surface area contributed by atoms with Crippen LogP contribution in [0.1, 0.15) is 27.8 Å². The minimum Gasteiger partial charge on any atom is -0.497 e. The third kappa shape index (κ3) is 4.33. The van der Waals surface area contributed by atoms with Crippen LogP contribution in [0.25, 0.3) is 11.1 Å². The number of ether oxygens (including phenoxy) is 2. The van der Waals surface area contributed by atoms with Crippen LogP contribution in [0.3, 0.4) is 0 Å². The van der Waals surface area contributed by atoms with E-state index in [1.165, 1.54) is 12.1 Å². The summed E-state index contributed by atoms with van der Waals surface area (Å²) in [6, 6.07) is 36.4. The summed E-state index contributed by atoms with van der Waals surface area (Å²) in [5, 5.41) is 0. The summed E-state index contributed by atoms with van der Waals surface area (Å²) >= 11 is 0. The van der Waals surface area contributed by atoms with Gasteiger partial charge in [-0.2, -0.15) is 13.2 Å². The van der Waals surface area contributed by atoms with Crippen LogP contribution in [0.5, 0.6) is 11.5 Å². The Morgan fingerprint density at radius 3 is 1.39 bits per heavy atom. The first-order valence-corrected chi connectivity index (χ1v) is 16.3. The van der Waals surface area contributed by atoms with Gasteiger partial charge in [-0.25, -0.2) is 4.90 Å². The largest absolute Gasteiger partial charge is 0.497 e. The fourth-order valence-corrected chi connectivity index (χ4v) is 8.72. The molecule has 8 rings (SSSR count). The van der Waals surface area contributed by atoms with E-state index < -0.39 is 46.2 Å². The molecule has 51 heavy (non-hydrogen) atoms. The van der Waals surface area contributed by atoms with Crippen LogP contribution >= 0.6 is 0 Å². The first-order chi connectivity index (χ1) is 24.6. The summed E-state index contributed by atoms with van der Waals surface area (Å²) in [4.78, 5) is 47.0. The molecule has 2 amide bonds. The average Bonchev–Trinajstić information content (AvgIpc) is 3.67. The number of allylic oxidation sites excluding steroid dienone is 2. The van der Waals surface area contributed by atoms with Crippen LogP contribution in [0.15, 0.2) is 133 Å². The molecule has 1 saturated carbocycles. The number of hydrogen-bond donors (Lipinski definition) is 0. The summed E-state index contributed by atoms with van der Waals surface area (Å²) in [5.74, 6) is -3.23. The highest BCUT2D eigenvalue weighted by molar-refractivity contribution is 6.39. The van der Waals surface area contributed by atoms with Crippen molar-refractivity contribution in [2.24, 2.45) is 11.8 Å². The number of benzene rings is 5. The van der Waals surface area contributed by atoms with E-state index in [0.29, 0.717) is 44.9 Å². The second-order valence-corrected chi connectivity index (χ2v) is 12.9. The van der Waals surface area contributed by atoms with Crippen molar-refractivity contribution in [1.29, 1.82) is 0 Å². The van der Waals surface area contributed by atoms with Gasteiger partial charge >= 0.3 is 6.18 Å². The second-order valence-electron chi connectivity index (χ2n) is 12.9. The molecule has 1 saturated heterocycles. The maximum atomic E-state index is 16.0. The van der Waals surface area contributed by atoms with E-state index in [2.05, 4.69) is 0 Å². The topological polar surface area (TPSA) is 72.9 Å². The van der Waals surface area contributed by atoms with E-state index >= 15 is 14.4 Å². The first kappa shape index (κ1) is 32.3. The molecule has 6 nitrogen and oxygen atoms in total. The lowest BCUT2D eigenvalue weighted by Crippen LogP contribution is -2.45. The van der Waals surface area contributed by atoms with Gasteiger partial charge in [0.15, 0.2) is 5.78 Å². The number of anilines is 1. The summed E-state index contributed by atoms with van der Waals surface area (Å²) in [7, 11) is 3.09. The van der Waals surface area contributed by atoms with E-state index in [1.54, 1.807) is 99.1 Å². The highest BCUT2D eigenvalue weighted by Crippen LogP contribution is 2.74. The van der Waals surface area contributed by atoms with E-state index in [4.69, 9.17) is 9.47 Å². The number of amides is 2. The van der Waals surface area contributed by atoms with Crippen molar-refractivity contribution in [2.75, 3.05) is 19.1 Å². The molecule has 2 bridgehead atoms. The van der Waals surface area contributed by atoms with Crippen LogP contribution in [-0.4, -0.2) is 31.8 Å². The Labute approximate surface area is 291 Å². The maximum Gasteiger partial charge on any atom is 0.416 e. The third-order valence-corrected chi connectivity index (χ3v) is 10.6.